The van der Waals surface area contributed by atoms with Gasteiger partial charge in [-0.2, -0.15) is 0 Å². The lowest BCUT2D eigenvalue weighted by Crippen LogP contribution is -2.42. The second-order valence-electron chi connectivity index (χ2n) is 8.07. The van der Waals surface area contributed by atoms with Gasteiger partial charge in [-0.3, -0.25) is 24.5 Å². The fraction of sp³-hybridized carbons (Fsp3) is 0.280. The molecule has 9 nitrogen and oxygen atoms in total. The van der Waals surface area contributed by atoms with Crippen molar-refractivity contribution >= 4 is 23.5 Å². The van der Waals surface area contributed by atoms with E-state index in [0.717, 1.165) is 5.56 Å². The van der Waals surface area contributed by atoms with Crippen LogP contribution >= 0.6 is 0 Å². The molecule has 174 valence electrons. The van der Waals surface area contributed by atoms with E-state index in [1.807, 2.05) is 0 Å². The number of carbonyl (C=O) groups is 4. The largest absolute Gasteiger partial charge is 0.497 e. The van der Waals surface area contributed by atoms with E-state index in [1.165, 1.54) is 31.3 Å². The molecule has 1 atom stereocenters. The normalized spacial score (nSPS) is 18.8. The number of amides is 3. The molecule has 2 aliphatic rings. The Morgan fingerprint density at radius 1 is 1.15 bits per heavy atom. The fourth-order valence-corrected chi connectivity index (χ4v) is 4.08. The summed E-state index contributed by atoms with van der Waals surface area (Å²) in [6.07, 6.45) is -0.189. The molecule has 9 heteroatoms. The maximum atomic E-state index is 13.0. The minimum Gasteiger partial charge on any atom is -0.497 e. The van der Waals surface area contributed by atoms with Crippen LogP contribution in [0.4, 0.5) is 0 Å². The van der Waals surface area contributed by atoms with Crippen molar-refractivity contribution in [2.24, 2.45) is 5.41 Å². The average molecular weight is 462 g/mol. The van der Waals surface area contributed by atoms with E-state index < -0.39 is 29.6 Å². The summed E-state index contributed by atoms with van der Waals surface area (Å²) in [4.78, 5) is 51.2. The number of Topliss-reactive ketones (excluding diaryl/α,β-unsaturated/α-hetero) is 1. The number of rotatable bonds is 6. The van der Waals surface area contributed by atoms with E-state index in [9.17, 15) is 19.2 Å². The predicted octanol–water partition coefficient (Wildman–Crippen LogP) is 0.919. The average Bonchev–Trinajstić information content (AvgIpc) is 3.30. The van der Waals surface area contributed by atoms with Crippen LogP contribution in [0.3, 0.4) is 0 Å². The Hall–Kier alpha value is -4.16. The van der Waals surface area contributed by atoms with Crippen molar-refractivity contribution in [3.05, 3.63) is 58.7 Å². The first-order valence-electron chi connectivity index (χ1n) is 10.5. The first-order chi connectivity index (χ1) is 16.3. The maximum absolute atomic E-state index is 13.0. The SMILES string of the molecule is COc1ccc2c(c1)C(=O)N(C[C@@]1(C#Cc3ccc(C(=O)CO)cc3OC)CC(=O)NC1=O)C2. The third-order valence-electron chi connectivity index (χ3n) is 5.91. The van der Waals surface area contributed by atoms with Crippen molar-refractivity contribution in [1.82, 2.24) is 10.2 Å². The number of fused-ring (bicyclic) bond motifs is 1. The van der Waals surface area contributed by atoms with Gasteiger partial charge in [-0.1, -0.05) is 17.9 Å². The van der Waals surface area contributed by atoms with E-state index in [1.54, 1.807) is 24.3 Å². The van der Waals surface area contributed by atoms with Gasteiger partial charge in [-0.25, -0.2) is 0 Å². The number of ether oxygens (including phenoxy) is 2. The third kappa shape index (κ3) is 4.11. The van der Waals surface area contributed by atoms with Gasteiger partial charge in [0.1, 0.15) is 23.5 Å². The van der Waals surface area contributed by atoms with Crippen molar-refractivity contribution in [3.8, 4) is 23.3 Å². The zero-order valence-corrected chi connectivity index (χ0v) is 18.6. The predicted molar refractivity (Wildman–Crippen MR) is 119 cm³/mol. The number of benzene rings is 2. The van der Waals surface area contributed by atoms with Gasteiger partial charge in [0.15, 0.2) is 5.78 Å². The highest BCUT2D eigenvalue weighted by Gasteiger charge is 2.48. The summed E-state index contributed by atoms with van der Waals surface area (Å²) in [5, 5.41) is 11.4. The van der Waals surface area contributed by atoms with Crippen LogP contribution in [-0.2, 0) is 16.1 Å². The van der Waals surface area contributed by atoms with Crippen LogP contribution in [0.5, 0.6) is 11.5 Å². The van der Waals surface area contributed by atoms with Gasteiger partial charge in [0.25, 0.3) is 5.91 Å². The molecule has 0 bridgehead atoms. The lowest BCUT2D eigenvalue weighted by molar-refractivity contribution is -0.127. The summed E-state index contributed by atoms with van der Waals surface area (Å²) in [7, 11) is 2.92. The summed E-state index contributed by atoms with van der Waals surface area (Å²) in [6, 6.07) is 9.68. The van der Waals surface area contributed by atoms with E-state index >= 15 is 0 Å². The number of aliphatic hydroxyl groups is 1. The zero-order valence-electron chi connectivity index (χ0n) is 18.6. The first-order valence-corrected chi connectivity index (χ1v) is 10.5. The molecule has 0 radical (unpaired) electrons. The van der Waals surface area contributed by atoms with Crippen LogP contribution in [-0.4, -0.2) is 60.9 Å². The Labute approximate surface area is 195 Å². The molecule has 2 N–H and O–H groups in total. The molecular weight excluding hydrogens is 440 g/mol. The van der Waals surface area contributed by atoms with E-state index in [4.69, 9.17) is 14.6 Å². The number of imide groups is 1. The molecule has 2 aromatic carbocycles. The highest BCUT2D eigenvalue weighted by Crippen LogP contribution is 2.34. The maximum Gasteiger partial charge on any atom is 0.254 e. The first kappa shape index (κ1) is 23.0. The van der Waals surface area contributed by atoms with Crippen molar-refractivity contribution in [2.45, 2.75) is 13.0 Å². The molecule has 0 spiro atoms. The number of hydrogen-bond donors (Lipinski definition) is 2. The van der Waals surface area contributed by atoms with Gasteiger partial charge in [0.2, 0.25) is 11.8 Å². The lowest BCUT2D eigenvalue weighted by Gasteiger charge is -2.25. The smallest absolute Gasteiger partial charge is 0.254 e. The number of aliphatic hydroxyl groups excluding tert-OH is 1. The van der Waals surface area contributed by atoms with Crippen molar-refractivity contribution in [3.63, 3.8) is 0 Å². The van der Waals surface area contributed by atoms with Crippen LogP contribution < -0.4 is 14.8 Å². The summed E-state index contributed by atoms with van der Waals surface area (Å²) < 4.78 is 10.5. The Morgan fingerprint density at radius 2 is 1.94 bits per heavy atom. The molecule has 4 rings (SSSR count). The summed E-state index contributed by atoms with van der Waals surface area (Å²) in [6.45, 7) is -0.432. The van der Waals surface area contributed by atoms with Crippen molar-refractivity contribution in [2.75, 3.05) is 27.4 Å². The Bertz CT molecular complexity index is 1270. The molecule has 2 heterocycles. The third-order valence-corrected chi connectivity index (χ3v) is 5.91. The quantitative estimate of drug-likeness (QED) is 0.372. The molecular formula is C25H22N2O7. The standard InChI is InChI=1S/C25H22N2O7/c1-33-18-6-5-17-12-27(23(31)19(17)10-18)14-25(11-22(30)26-24(25)32)8-7-15-3-4-16(20(29)13-28)9-21(15)34-2/h3-6,9-10,28H,11-14H2,1-2H3,(H,26,30,32)/t25-/m1/s1. The second kappa shape index (κ2) is 9.00. The van der Waals surface area contributed by atoms with Crippen LogP contribution in [0, 0.1) is 17.3 Å². The monoisotopic (exact) mass is 462 g/mol. The number of carbonyl (C=O) groups excluding carboxylic acids is 4. The molecule has 2 aromatic rings. The topological polar surface area (TPSA) is 122 Å². The zero-order chi connectivity index (χ0) is 24.5. The number of hydrogen-bond acceptors (Lipinski definition) is 7. The van der Waals surface area contributed by atoms with E-state index in [0.29, 0.717) is 16.9 Å². The van der Waals surface area contributed by atoms with Gasteiger partial charge < -0.3 is 19.5 Å². The van der Waals surface area contributed by atoms with Gasteiger partial charge in [-0.15, -0.1) is 0 Å². The van der Waals surface area contributed by atoms with Gasteiger partial charge in [-0.05, 0) is 35.9 Å². The van der Waals surface area contributed by atoms with Crippen LogP contribution in [0.2, 0.25) is 0 Å². The van der Waals surface area contributed by atoms with Gasteiger partial charge in [0.05, 0.1) is 26.2 Å². The van der Waals surface area contributed by atoms with Gasteiger partial charge in [0, 0.05) is 24.2 Å². The number of methoxy groups -OCH3 is 2. The minimum absolute atomic E-state index is 0.0726. The number of nitrogens with one attached hydrogen (secondary N) is 1. The van der Waals surface area contributed by atoms with Gasteiger partial charge >= 0.3 is 0 Å². The van der Waals surface area contributed by atoms with Crippen LogP contribution in [0.15, 0.2) is 36.4 Å². The fourth-order valence-electron chi connectivity index (χ4n) is 4.08. The highest BCUT2D eigenvalue weighted by atomic mass is 16.5. The Balaban J connectivity index is 1.67. The Morgan fingerprint density at radius 3 is 2.59 bits per heavy atom. The van der Waals surface area contributed by atoms with Crippen molar-refractivity contribution in [1.29, 1.82) is 0 Å². The van der Waals surface area contributed by atoms with Crippen LogP contribution in [0.1, 0.15) is 38.3 Å². The minimum atomic E-state index is -1.44. The molecule has 0 aliphatic carbocycles. The van der Waals surface area contributed by atoms with E-state index in [-0.39, 0.29) is 36.7 Å². The van der Waals surface area contributed by atoms with Crippen molar-refractivity contribution < 1.29 is 33.8 Å². The molecule has 2 aliphatic heterocycles. The Kier molecular flexibility index (Phi) is 6.09. The molecule has 0 aromatic heterocycles. The number of ketones is 1. The molecule has 1 fully saturated rings. The lowest BCUT2D eigenvalue weighted by atomic mass is 9.85. The van der Waals surface area contributed by atoms with Crippen LogP contribution in [0.25, 0.3) is 0 Å². The highest BCUT2D eigenvalue weighted by molar-refractivity contribution is 6.08. The summed E-state index contributed by atoms with van der Waals surface area (Å²) in [5.41, 5.74) is 0.486. The molecule has 0 saturated carbocycles. The number of nitrogens with zero attached hydrogens (tertiary/aromatic N) is 1. The molecule has 3 amide bonds. The molecule has 0 unspecified atom stereocenters. The summed E-state index contributed by atoms with van der Waals surface area (Å²) >= 11 is 0. The molecule has 34 heavy (non-hydrogen) atoms. The summed E-state index contributed by atoms with van der Waals surface area (Å²) in [5.74, 6) is 4.84. The molecule has 1 saturated heterocycles. The second-order valence-corrected chi connectivity index (χ2v) is 8.07. The van der Waals surface area contributed by atoms with E-state index in [2.05, 4.69) is 17.2 Å².